The Morgan fingerprint density at radius 1 is 1.17 bits per heavy atom. The Kier molecular flexibility index (Phi) is 2.90. The highest BCUT2D eigenvalue weighted by Crippen LogP contribution is 2.51. The first kappa shape index (κ1) is 12.4. The van der Waals surface area contributed by atoms with Gasteiger partial charge in [0.15, 0.2) is 0 Å². The van der Waals surface area contributed by atoms with E-state index in [-0.39, 0.29) is 23.6 Å². The van der Waals surface area contributed by atoms with E-state index in [2.05, 4.69) is 0 Å². The Hall–Kier alpha value is -0.620. The third kappa shape index (κ3) is 1.77. The molecule has 2 bridgehead atoms. The molecule has 1 aliphatic heterocycles. The highest BCUT2D eigenvalue weighted by Gasteiger charge is 2.55. The summed E-state index contributed by atoms with van der Waals surface area (Å²) >= 11 is 0. The summed E-state index contributed by atoms with van der Waals surface area (Å²) in [6.07, 6.45) is 4.40. The van der Waals surface area contributed by atoms with Crippen molar-refractivity contribution in [2.75, 3.05) is 12.3 Å². The van der Waals surface area contributed by atoms with Gasteiger partial charge in [0.2, 0.25) is 10.0 Å². The van der Waals surface area contributed by atoms with Gasteiger partial charge in [-0.25, -0.2) is 8.42 Å². The number of hydrogen-bond donors (Lipinski definition) is 1. The molecular weight excluding hydrogens is 254 g/mol. The van der Waals surface area contributed by atoms with E-state index in [1.54, 1.807) is 0 Å². The van der Waals surface area contributed by atoms with Crippen molar-refractivity contribution in [1.29, 1.82) is 0 Å². The van der Waals surface area contributed by atoms with E-state index in [0.29, 0.717) is 13.0 Å². The first-order valence-electron chi connectivity index (χ1n) is 6.73. The van der Waals surface area contributed by atoms with Crippen molar-refractivity contribution >= 4 is 16.0 Å². The molecule has 3 rings (SSSR count). The summed E-state index contributed by atoms with van der Waals surface area (Å²) < 4.78 is 25.8. The van der Waals surface area contributed by atoms with Crippen LogP contribution in [0.4, 0.5) is 0 Å². The number of aliphatic carboxylic acids is 1. The lowest BCUT2D eigenvalue weighted by Crippen LogP contribution is -2.52. The summed E-state index contributed by atoms with van der Waals surface area (Å²) in [4.78, 5) is 11.4. The predicted molar refractivity (Wildman–Crippen MR) is 65.5 cm³/mol. The molecule has 102 valence electrons. The molecule has 0 spiro atoms. The number of sulfonamides is 1. The second kappa shape index (κ2) is 4.20. The number of fused-ring (bicyclic) bond motifs is 2. The van der Waals surface area contributed by atoms with Crippen molar-refractivity contribution in [1.82, 2.24) is 4.31 Å². The maximum absolute atomic E-state index is 12.1. The molecule has 4 atom stereocenters. The van der Waals surface area contributed by atoms with Crippen molar-refractivity contribution in [3.8, 4) is 0 Å². The monoisotopic (exact) mass is 273 g/mol. The highest BCUT2D eigenvalue weighted by molar-refractivity contribution is 7.89. The average Bonchev–Trinajstić information content (AvgIpc) is 2.87. The average molecular weight is 273 g/mol. The summed E-state index contributed by atoms with van der Waals surface area (Å²) in [5, 5.41) is 9.39. The van der Waals surface area contributed by atoms with Crippen molar-refractivity contribution in [2.24, 2.45) is 17.8 Å². The van der Waals surface area contributed by atoms with Gasteiger partial charge in [-0.05, 0) is 43.9 Å². The molecule has 3 aliphatic rings. The van der Waals surface area contributed by atoms with E-state index < -0.39 is 21.9 Å². The fourth-order valence-electron chi connectivity index (χ4n) is 4.17. The molecule has 2 saturated carbocycles. The van der Waals surface area contributed by atoms with Gasteiger partial charge >= 0.3 is 5.97 Å². The van der Waals surface area contributed by atoms with Crippen LogP contribution in [0.15, 0.2) is 0 Å². The summed E-state index contributed by atoms with van der Waals surface area (Å²) in [5.74, 6) is -0.643. The van der Waals surface area contributed by atoms with Crippen molar-refractivity contribution in [3.63, 3.8) is 0 Å². The van der Waals surface area contributed by atoms with E-state index in [4.69, 9.17) is 0 Å². The molecule has 0 aromatic heterocycles. The van der Waals surface area contributed by atoms with Crippen LogP contribution < -0.4 is 0 Å². The fraction of sp³-hybridized carbons (Fsp3) is 0.917. The zero-order valence-corrected chi connectivity index (χ0v) is 11.1. The quantitative estimate of drug-likeness (QED) is 0.811. The lowest BCUT2D eigenvalue weighted by molar-refractivity contribution is -0.145. The van der Waals surface area contributed by atoms with Gasteiger partial charge in [-0.15, -0.1) is 0 Å². The Morgan fingerprint density at radius 2 is 1.89 bits per heavy atom. The number of nitrogens with zero attached hydrogens (tertiary/aromatic N) is 1. The minimum absolute atomic E-state index is 0.188. The molecule has 0 aromatic carbocycles. The highest BCUT2D eigenvalue weighted by atomic mass is 32.2. The third-order valence-electron chi connectivity index (χ3n) is 4.88. The molecule has 5 nitrogen and oxygen atoms in total. The molecule has 1 heterocycles. The van der Waals surface area contributed by atoms with Gasteiger partial charge in [-0.3, -0.25) is 4.79 Å². The van der Waals surface area contributed by atoms with Gasteiger partial charge in [0.25, 0.3) is 0 Å². The maximum atomic E-state index is 12.1. The number of carboxylic acid groups (broad SMARTS) is 1. The number of hydrogen-bond acceptors (Lipinski definition) is 3. The molecular formula is C12H19NO4S. The van der Waals surface area contributed by atoms with Crippen LogP contribution in [0.3, 0.4) is 0 Å². The molecule has 0 aromatic rings. The Balaban J connectivity index is 1.92. The number of rotatable bonds is 2. The van der Waals surface area contributed by atoms with Gasteiger partial charge < -0.3 is 5.11 Å². The Bertz CT molecular complexity index is 461. The second-order valence-corrected chi connectivity index (χ2v) is 7.86. The van der Waals surface area contributed by atoms with E-state index in [1.807, 2.05) is 0 Å². The molecule has 1 N–H and O–H groups in total. The van der Waals surface area contributed by atoms with Crippen molar-refractivity contribution < 1.29 is 18.3 Å². The summed E-state index contributed by atoms with van der Waals surface area (Å²) in [5.41, 5.74) is 0. The lowest BCUT2D eigenvalue weighted by Gasteiger charge is -2.39. The van der Waals surface area contributed by atoms with Crippen molar-refractivity contribution in [3.05, 3.63) is 0 Å². The van der Waals surface area contributed by atoms with Gasteiger partial charge in [0, 0.05) is 12.6 Å². The minimum atomic E-state index is -3.23. The SMILES string of the molecule is O=C(O)C1C2CCC(C2)C1N1CCCCS1(=O)=O. The molecule has 6 heteroatoms. The smallest absolute Gasteiger partial charge is 0.308 e. The Morgan fingerprint density at radius 3 is 2.56 bits per heavy atom. The molecule has 2 aliphatic carbocycles. The standard InChI is InChI=1S/C12H19NO4S/c14-12(15)10-8-3-4-9(7-8)11(10)13-5-1-2-6-18(13,16)17/h8-11H,1-7H2,(H,14,15). The first-order chi connectivity index (χ1) is 8.50. The van der Waals surface area contributed by atoms with Crippen LogP contribution in [0.5, 0.6) is 0 Å². The van der Waals surface area contributed by atoms with Gasteiger partial charge in [-0.1, -0.05) is 0 Å². The minimum Gasteiger partial charge on any atom is -0.481 e. The van der Waals surface area contributed by atoms with Gasteiger partial charge in [0.05, 0.1) is 11.7 Å². The van der Waals surface area contributed by atoms with Gasteiger partial charge in [0.1, 0.15) is 0 Å². The third-order valence-corrected chi connectivity index (χ3v) is 6.82. The molecule has 4 unspecified atom stereocenters. The van der Waals surface area contributed by atoms with E-state index in [9.17, 15) is 18.3 Å². The molecule has 0 radical (unpaired) electrons. The van der Waals surface area contributed by atoms with Crippen LogP contribution in [0.2, 0.25) is 0 Å². The fourth-order valence-corrected chi connectivity index (χ4v) is 6.05. The van der Waals surface area contributed by atoms with Crippen LogP contribution in [0.25, 0.3) is 0 Å². The molecule has 3 fully saturated rings. The first-order valence-corrected chi connectivity index (χ1v) is 8.34. The largest absolute Gasteiger partial charge is 0.481 e. The van der Waals surface area contributed by atoms with Gasteiger partial charge in [-0.2, -0.15) is 4.31 Å². The summed E-state index contributed by atoms with van der Waals surface area (Å²) in [6.45, 7) is 0.514. The normalized spacial score (nSPS) is 43.1. The lowest BCUT2D eigenvalue weighted by atomic mass is 9.84. The van der Waals surface area contributed by atoms with Crippen LogP contribution in [0, 0.1) is 17.8 Å². The number of carbonyl (C=O) groups is 1. The molecule has 1 saturated heterocycles. The zero-order valence-electron chi connectivity index (χ0n) is 10.3. The van der Waals surface area contributed by atoms with E-state index in [0.717, 1.165) is 25.7 Å². The zero-order chi connectivity index (χ0) is 12.9. The predicted octanol–water partition coefficient (Wildman–Crippen LogP) is 0.911. The van der Waals surface area contributed by atoms with Crippen LogP contribution in [0.1, 0.15) is 32.1 Å². The molecule has 0 amide bonds. The summed E-state index contributed by atoms with van der Waals surface area (Å²) in [6, 6.07) is -0.272. The molecule has 18 heavy (non-hydrogen) atoms. The maximum Gasteiger partial charge on any atom is 0.308 e. The Labute approximate surface area is 107 Å². The van der Waals surface area contributed by atoms with Crippen LogP contribution in [-0.2, 0) is 14.8 Å². The second-order valence-electron chi connectivity index (χ2n) is 5.82. The van der Waals surface area contributed by atoms with Crippen molar-refractivity contribution in [2.45, 2.75) is 38.1 Å². The topological polar surface area (TPSA) is 74.7 Å². The van der Waals surface area contributed by atoms with Crippen LogP contribution in [-0.4, -0.2) is 42.1 Å². The number of carboxylic acids is 1. The van der Waals surface area contributed by atoms with E-state index in [1.165, 1.54) is 4.31 Å². The van der Waals surface area contributed by atoms with Crippen LogP contribution >= 0.6 is 0 Å². The summed E-state index contributed by atoms with van der Waals surface area (Å²) in [7, 11) is -3.23. The van der Waals surface area contributed by atoms with E-state index >= 15 is 0 Å².